The molecule has 3 aromatic rings. The smallest absolute Gasteiger partial charge is 0.335 e. The number of H-pyrrole nitrogens is 1. The van der Waals surface area contributed by atoms with Crippen LogP contribution in [0.3, 0.4) is 0 Å². The number of hydrogen-bond acceptors (Lipinski definition) is 2. The van der Waals surface area contributed by atoms with Crippen LogP contribution in [-0.2, 0) is 13.0 Å². The van der Waals surface area contributed by atoms with Gasteiger partial charge in [0.15, 0.2) is 0 Å². The largest absolute Gasteiger partial charge is 0.478 e. The fraction of sp³-hybridized carbons (Fsp3) is 0.238. The van der Waals surface area contributed by atoms with Crippen molar-refractivity contribution in [3.63, 3.8) is 0 Å². The van der Waals surface area contributed by atoms with Crippen LogP contribution in [0.1, 0.15) is 43.1 Å². The lowest BCUT2D eigenvalue weighted by Crippen LogP contribution is -2.35. The lowest BCUT2D eigenvalue weighted by atomic mass is 10.0. The van der Waals surface area contributed by atoms with Crippen molar-refractivity contribution >= 4 is 22.8 Å². The minimum Gasteiger partial charge on any atom is -0.478 e. The standard InChI is InChI=1S/C21H20N2O3/c1-12-3-4-14(9-13(12)2)20(24)23-8-7-19-17(11-23)16-10-15(21(25)26)5-6-18(16)22-19/h3-6,9-10,22H,7-8,11H2,1-2H3,(H,25,26). The van der Waals surface area contributed by atoms with Crippen LogP contribution >= 0.6 is 0 Å². The van der Waals surface area contributed by atoms with Crippen molar-refractivity contribution in [3.8, 4) is 0 Å². The molecule has 1 aliphatic rings. The lowest BCUT2D eigenvalue weighted by molar-refractivity contribution is 0.0694. The van der Waals surface area contributed by atoms with Gasteiger partial charge in [-0.2, -0.15) is 0 Å². The summed E-state index contributed by atoms with van der Waals surface area (Å²) in [5.74, 6) is -0.928. The average Bonchev–Trinajstić information content (AvgIpc) is 3.00. The van der Waals surface area contributed by atoms with Gasteiger partial charge in [-0.15, -0.1) is 0 Å². The van der Waals surface area contributed by atoms with Gasteiger partial charge in [-0.25, -0.2) is 4.79 Å². The quantitative estimate of drug-likeness (QED) is 0.742. The summed E-state index contributed by atoms with van der Waals surface area (Å²) >= 11 is 0. The summed E-state index contributed by atoms with van der Waals surface area (Å²) in [5.41, 5.74) is 6.25. The molecular formula is C21H20N2O3. The zero-order valence-corrected chi connectivity index (χ0v) is 14.8. The Labute approximate surface area is 151 Å². The van der Waals surface area contributed by atoms with E-state index in [2.05, 4.69) is 4.98 Å². The summed E-state index contributed by atoms with van der Waals surface area (Å²) in [6.45, 7) is 5.18. The van der Waals surface area contributed by atoms with Gasteiger partial charge < -0.3 is 15.0 Å². The van der Waals surface area contributed by atoms with Crippen LogP contribution in [0, 0.1) is 13.8 Å². The highest BCUT2D eigenvalue weighted by atomic mass is 16.4. The molecular weight excluding hydrogens is 328 g/mol. The molecule has 1 amide bonds. The summed E-state index contributed by atoms with van der Waals surface area (Å²) < 4.78 is 0. The topological polar surface area (TPSA) is 73.4 Å². The number of aromatic amines is 1. The Morgan fingerprint density at radius 2 is 1.81 bits per heavy atom. The minimum absolute atomic E-state index is 0.0162. The van der Waals surface area contributed by atoms with Crippen molar-refractivity contribution in [2.45, 2.75) is 26.8 Å². The van der Waals surface area contributed by atoms with E-state index in [0.717, 1.165) is 34.1 Å². The van der Waals surface area contributed by atoms with Crippen LogP contribution in [-0.4, -0.2) is 33.4 Å². The first-order valence-electron chi connectivity index (χ1n) is 8.67. The number of aromatic nitrogens is 1. The molecule has 0 radical (unpaired) electrons. The maximum Gasteiger partial charge on any atom is 0.335 e. The van der Waals surface area contributed by atoms with Crippen molar-refractivity contribution in [1.82, 2.24) is 9.88 Å². The number of rotatable bonds is 2. The number of carboxylic acids is 1. The summed E-state index contributed by atoms with van der Waals surface area (Å²) in [7, 11) is 0. The lowest BCUT2D eigenvalue weighted by Gasteiger charge is -2.27. The third kappa shape index (κ3) is 2.65. The normalized spacial score (nSPS) is 13.7. The second kappa shape index (κ2) is 6.02. The van der Waals surface area contributed by atoms with E-state index in [1.807, 2.05) is 36.9 Å². The highest BCUT2D eigenvalue weighted by Gasteiger charge is 2.25. The van der Waals surface area contributed by atoms with E-state index < -0.39 is 5.97 Å². The van der Waals surface area contributed by atoms with Crippen molar-refractivity contribution in [2.75, 3.05) is 6.54 Å². The molecule has 2 heterocycles. The number of fused-ring (bicyclic) bond motifs is 3. The molecule has 2 N–H and O–H groups in total. The molecule has 0 fully saturated rings. The Bertz CT molecular complexity index is 1050. The predicted octanol–water partition coefficient (Wildman–Crippen LogP) is 3.68. The van der Waals surface area contributed by atoms with E-state index in [1.165, 1.54) is 5.56 Å². The number of hydrogen-bond donors (Lipinski definition) is 2. The Hall–Kier alpha value is -3.08. The van der Waals surface area contributed by atoms with Crippen LogP contribution in [0.5, 0.6) is 0 Å². The number of carbonyl (C=O) groups excluding carboxylic acids is 1. The van der Waals surface area contributed by atoms with Crippen molar-refractivity contribution in [3.05, 3.63) is 69.9 Å². The molecule has 0 aliphatic carbocycles. The van der Waals surface area contributed by atoms with Gasteiger partial charge in [0, 0.05) is 47.2 Å². The van der Waals surface area contributed by atoms with Gasteiger partial charge in [0.2, 0.25) is 0 Å². The van der Waals surface area contributed by atoms with Crippen molar-refractivity contribution < 1.29 is 14.7 Å². The van der Waals surface area contributed by atoms with E-state index in [9.17, 15) is 14.7 Å². The number of nitrogens with one attached hydrogen (secondary N) is 1. The molecule has 0 saturated carbocycles. The Balaban J connectivity index is 1.69. The molecule has 5 nitrogen and oxygen atoms in total. The Morgan fingerprint density at radius 3 is 2.54 bits per heavy atom. The number of aromatic carboxylic acids is 1. The molecule has 2 aromatic carbocycles. The third-order valence-electron chi connectivity index (χ3n) is 5.26. The Kier molecular flexibility index (Phi) is 3.80. The van der Waals surface area contributed by atoms with Crippen LogP contribution in [0.25, 0.3) is 10.9 Å². The van der Waals surface area contributed by atoms with E-state index in [1.54, 1.807) is 18.2 Å². The van der Waals surface area contributed by atoms with Crippen LogP contribution < -0.4 is 0 Å². The first-order valence-corrected chi connectivity index (χ1v) is 8.67. The molecule has 1 aromatic heterocycles. The predicted molar refractivity (Wildman–Crippen MR) is 99.6 cm³/mol. The van der Waals surface area contributed by atoms with Gasteiger partial charge in [0.05, 0.1) is 5.56 Å². The molecule has 26 heavy (non-hydrogen) atoms. The van der Waals surface area contributed by atoms with Gasteiger partial charge in [0.25, 0.3) is 5.91 Å². The number of benzene rings is 2. The highest BCUT2D eigenvalue weighted by Crippen LogP contribution is 2.29. The van der Waals surface area contributed by atoms with Crippen molar-refractivity contribution in [2.24, 2.45) is 0 Å². The van der Waals surface area contributed by atoms with E-state index in [4.69, 9.17) is 0 Å². The van der Waals surface area contributed by atoms with Gasteiger partial charge in [-0.05, 0) is 55.3 Å². The fourth-order valence-electron chi connectivity index (χ4n) is 3.58. The maximum absolute atomic E-state index is 12.9. The van der Waals surface area contributed by atoms with E-state index >= 15 is 0 Å². The average molecular weight is 348 g/mol. The molecule has 0 atom stereocenters. The van der Waals surface area contributed by atoms with E-state index in [-0.39, 0.29) is 11.5 Å². The van der Waals surface area contributed by atoms with E-state index in [0.29, 0.717) is 18.7 Å². The molecule has 132 valence electrons. The zero-order chi connectivity index (χ0) is 18.4. The van der Waals surface area contributed by atoms with Gasteiger partial charge in [-0.1, -0.05) is 6.07 Å². The second-order valence-corrected chi connectivity index (χ2v) is 6.92. The zero-order valence-electron chi connectivity index (χ0n) is 14.8. The summed E-state index contributed by atoms with van der Waals surface area (Å²) in [6.07, 6.45) is 0.739. The van der Waals surface area contributed by atoms with Gasteiger partial charge in [-0.3, -0.25) is 4.79 Å². The molecule has 1 aliphatic heterocycles. The first-order chi connectivity index (χ1) is 12.4. The number of aryl methyl sites for hydroxylation is 2. The third-order valence-corrected chi connectivity index (χ3v) is 5.26. The number of amides is 1. The molecule has 0 saturated heterocycles. The molecule has 0 unspecified atom stereocenters. The first kappa shape index (κ1) is 16.4. The van der Waals surface area contributed by atoms with Crippen LogP contribution in [0.15, 0.2) is 36.4 Å². The summed E-state index contributed by atoms with van der Waals surface area (Å²) in [4.78, 5) is 29.4. The van der Waals surface area contributed by atoms with Crippen LogP contribution in [0.2, 0.25) is 0 Å². The number of carbonyl (C=O) groups is 2. The SMILES string of the molecule is Cc1ccc(C(=O)N2CCc3[nH]c4ccc(C(=O)O)cc4c3C2)cc1C. The van der Waals surface area contributed by atoms with Crippen molar-refractivity contribution in [1.29, 1.82) is 0 Å². The second-order valence-electron chi connectivity index (χ2n) is 6.92. The fourth-order valence-corrected chi connectivity index (χ4v) is 3.58. The highest BCUT2D eigenvalue weighted by molar-refractivity contribution is 5.97. The molecule has 5 heteroatoms. The summed E-state index contributed by atoms with van der Waals surface area (Å²) in [5, 5.41) is 10.1. The maximum atomic E-state index is 12.9. The van der Waals surface area contributed by atoms with Crippen LogP contribution in [0.4, 0.5) is 0 Å². The number of nitrogens with zero attached hydrogens (tertiary/aromatic N) is 1. The minimum atomic E-state index is -0.944. The molecule has 4 rings (SSSR count). The molecule has 0 bridgehead atoms. The van der Waals surface area contributed by atoms with Gasteiger partial charge >= 0.3 is 5.97 Å². The monoisotopic (exact) mass is 348 g/mol. The Morgan fingerprint density at radius 1 is 1.04 bits per heavy atom. The molecule has 0 spiro atoms. The van der Waals surface area contributed by atoms with Gasteiger partial charge in [0.1, 0.15) is 0 Å². The number of carboxylic acid groups (broad SMARTS) is 1. The summed E-state index contributed by atoms with van der Waals surface area (Å²) in [6, 6.07) is 10.9.